The largest absolute Gasteiger partial charge is 0.456 e. The van der Waals surface area contributed by atoms with E-state index >= 15 is 0 Å². The molecule has 3 heterocycles. The van der Waals surface area contributed by atoms with E-state index in [4.69, 9.17) is 14.4 Å². The zero-order chi connectivity index (χ0) is 20.3. The van der Waals surface area contributed by atoms with Gasteiger partial charge in [0.05, 0.1) is 8.66 Å². The molecule has 0 aromatic carbocycles. The molecule has 0 aliphatic heterocycles. The number of aromatic amines is 1. The molecule has 0 fully saturated rings. The third kappa shape index (κ3) is 4.37. The number of nitrogens with zero attached hydrogens (tertiary/aromatic N) is 3. The monoisotopic (exact) mass is 462 g/mol. The van der Waals surface area contributed by atoms with Crippen LogP contribution in [0, 0.1) is 25.2 Å². The summed E-state index contributed by atoms with van der Waals surface area (Å²) in [7, 11) is 0. The Kier molecular flexibility index (Phi) is 6.06. The van der Waals surface area contributed by atoms with E-state index in [0.717, 1.165) is 14.2 Å². The van der Waals surface area contributed by atoms with Gasteiger partial charge in [-0.25, -0.2) is 0 Å². The van der Waals surface area contributed by atoms with E-state index in [1.54, 1.807) is 13.8 Å². The smallest absolute Gasteiger partial charge is 0.306 e. The van der Waals surface area contributed by atoms with Crippen LogP contribution in [0.2, 0.25) is 0 Å². The molecule has 3 aromatic heterocycles. The van der Waals surface area contributed by atoms with Crippen molar-refractivity contribution in [3.05, 3.63) is 54.5 Å². The van der Waals surface area contributed by atoms with Gasteiger partial charge < -0.3 is 14.1 Å². The molecule has 0 aliphatic carbocycles. The van der Waals surface area contributed by atoms with Crippen LogP contribution in [0.1, 0.15) is 34.7 Å². The fourth-order valence-electron chi connectivity index (χ4n) is 2.70. The fraction of sp³-hybridized carbons (Fsp3) is 0.278. The molecule has 0 bridgehead atoms. The average molecular weight is 463 g/mol. The van der Waals surface area contributed by atoms with Gasteiger partial charge in [0.15, 0.2) is 6.61 Å². The third-order valence-corrected chi connectivity index (χ3v) is 5.72. The van der Waals surface area contributed by atoms with Crippen molar-refractivity contribution in [2.45, 2.75) is 33.3 Å². The standard InChI is InChI=1S/C18H15BrN4O4S/c1-9-11(10(2)21-17(25)12(9)7-20)3-6-16(24)26-8-15-22-23-18(27-15)13-4-5-14(19)28-13/h4-5H,3,6,8H2,1-2H3,(H,21,25). The number of rotatable bonds is 6. The Labute approximate surface area is 172 Å². The van der Waals surface area contributed by atoms with E-state index in [2.05, 4.69) is 31.1 Å². The summed E-state index contributed by atoms with van der Waals surface area (Å²) in [5.74, 6) is 0.128. The number of nitrogens with one attached hydrogen (secondary N) is 1. The molecule has 3 aromatic rings. The fourth-order valence-corrected chi connectivity index (χ4v) is 4.01. The van der Waals surface area contributed by atoms with E-state index < -0.39 is 11.5 Å². The first-order chi connectivity index (χ1) is 13.4. The van der Waals surface area contributed by atoms with Crippen molar-refractivity contribution in [1.29, 1.82) is 5.26 Å². The Morgan fingerprint density at radius 3 is 2.86 bits per heavy atom. The lowest BCUT2D eigenvalue weighted by Gasteiger charge is -2.10. The highest BCUT2D eigenvalue weighted by Gasteiger charge is 2.15. The van der Waals surface area contributed by atoms with Crippen molar-refractivity contribution in [3.63, 3.8) is 0 Å². The predicted octanol–water partition coefficient (Wildman–Crippen LogP) is 3.41. The van der Waals surface area contributed by atoms with Gasteiger partial charge in [0.25, 0.3) is 17.3 Å². The molecule has 8 nitrogen and oxygen atoms in total. The molecule has 0 unspecified atom stereocenters. The van der Waals surface area contributed by atoms with Crippen LogP contribution in [-0.4, -0.2) is 21.2 Å². The maximum absolute atomic E-state index is 12.1. The van der Waals surface area contributed by atoms with Gasteiger partial charge in [0.2, 0.25) is 0 Å². The Hall–Kier alpha value is -2.77. The summed E-state index contributed by atoms with van der Waals surface area (Å²) in [5.41, 5.74) is 1.62. The topological polar surface area (TPSA) is 122 Å². The maximum Gasteiger partial charge on any atom is 0.306 e. The van der Waals surface area contributed by atoms with E-state index in [0.29, 0.717) is 23.6 Å². The first-order valence-electron chi connectivity index (χ1n) is 8.25. The number of hydrogen-bond donors (Lipinski definition) is 1. The van der Waals surface area contributed by atoms with Crippen LogP contribution < -0.4 is 5.56 Å². The van der Waals surface area contributed by atoms with E-state index in [9.17, 15) is 9.59 Å². The number of H-pyrrole nitrogens is 1. The van der Waals surface area contributed by atoms with E-state index in [1.807, 2.05) is 18.2 Å². The number of ether oxygens (including phenoxy) is 1. The normalized spacial score (nSPS) is 10.6. The molecule has 0 saturated carbocycles. The number of aryl methyl sites for hydroxylation is 1. The van der Waals surface area contributed by atoms with Gasteiger partial charge in [-0.15, -0.1) is 21.5 Å². The molecule has 1 N–H and O–H groups in total. The highest BCUT2D eigenvalue weighted by atomic mass is 79.9. The number of aromatic nitrogens is 3. The minimum absolute atomic E-state index is 0.0626. The Morgan fingerprint density at radius 1 is 1.39 bits per heavy atom. The van der Waals surface area contributed by atoms with Crippen molar-refractivity contribution in [3.8, 4) is 16.8 Å². The quantitative estimate of drug-likeness (QED) is 0.556. The number of thiophene rings is 1. The van der Waals surface area contributed by atoms with Gasteiger partial charge in [-0.05, 0) is 59.5 Å². The Bertz CT molecular complexity index is 1130. The molecule has 0 aliphatic rings. The lowest BCUT2D eigenvalue weighted by molar-refractivity contribution is -0.145. The lowest BCUT2D eigenvalue weighted by atomic mass is 9.99. The summed E-state index contributed by atoms with van der Waals surface area (Å²) in [6.07, 6.45) is 0.442. The molecule has 0 radical (unpaired) electrons. The van der Waals surface area contributed by atoms with Crippen molar-refractivity contribution < 1.29 is 13.9 Å². The summed E-state index contributed by atoms with van der Waals surface area (Å²) in [6, 6.07) is 5.62. The summed E-state index contributed by atoms with van der Waals surface area (Å²) < 4.78 is 11.6. The van der Waals surface area contributed by atoms with Crippen molar-refractivity contribution in [2.24, 2.45) is 0 Å². The van der Waals surface area contributed by atoms with Gasteiger partial charge in [0, 0.05) is 12.1 Å². The van der Waals surface area contributed by atoms with Crippen LogP contribution in [0.5, 0.6) is 0 Å². The zero-order valence-electron chi connectivity index (χ0n) is 15.0. The molecule has 10 heteroatoms. The second kappa shape index (κ2) is 8.50. The Morgan fingerprint density at radius 2 is 2.18 bits per heavy atom. The molecule has 3 rings (SSSR count). The second-order valence-corrected chi connectivity index (χ2v) is 8.40. The average Bonchev–Trinajstić information content (AvgIpc) is 3.28. The number of carbonyl (C=O) groups excluding carboxylic acids is 1. The number of pyridine rings is 1. The van der Waals surface area contributed by atoms with Gasteiger partial charge in [-0.1, -0.05) is 0 Å². The van der Waals surface area contributed by atoms with Gasteiger partial charge in [-0.2, -0.15) is 5.26 Å². The van der Waals surface area contributed by atoms with Crippen LogP contribution in [-0.2, 0) is 22.6 Å². The van der Waals surface area contributed by atoms with Crippen LogP contribution in [0.3, 0.4) is 0 Å². The lowest BCUT2D eigenvalue weighted by Crippen LogP contribution is -2.17. The van der Waals surface area contributed by atoms with Gasteiger partial charge in [0.1, 0.15) is 11.6 Å². The Balaban J connectivity index is 1.58. The molecule has 0 spiro atoms. The number of carbonyl (C=O) groups is 1. The minimum atomic E-state index is -0.442. The first-order valence-corrected chi connectivity index (χ1v) is 9.86. The summed E-state index contributed by atoms with van der Waals surface area (Å²) in [4.78, 5) is 27.3. The minimum Gasteiger partial charge on any atom is -0.456 e. The van der Waals surface area contributed by atoms with Crippen molar-refractivity contribution in [2.75, 3.05) is 0 Å². The molecule has 144 valence electrons. The SMILES string of the molecule is Cc1[nH]c(=O)c(C#N)c(C)c1CCC(=O)OCc1nnc(-c2ccc(Br)s2)o1. The van der Waals surface area contributed by atoms with Gasteiger partial charge >= 0.3 is 5.97 Å². The maximum atomic E-state index is 12.1. The third-order valence-electron chi connectivity index (χ3n) is 4.11. The number of hydrogen-bond acceptors (Lipinski definition) is 8. The highest BCUT2D eigenvalue weighted by Crippen LogP contribution is 2.30. The van der Waals surface area contributed by atoms with Crippen LogP contribution in [0.15, 0.2) is 25.1 Å². The number of esters is 1. The summed E-state index contributed by atoms with van der Waals surface area (Å²) in [6.45, 7) is 3.31. The zero-order valence-corrected chi connectivity index (χ0v) is 17.4. The van der Waals surface area contributed by atoms with Crippen LogP contribution in [0.4, 0.5) is 0 Å². The molecule has 28 heavy (non-hydrogen) atoms. The molecule has 0 atom stereocenters. The number of nitriles is 1. The molecule has 0 saturated heterocycles. The van der Waals surface area contributed by atoms with Crippen LogP contribution >= 0.6 is 27.3 Å². The highest BCUT2D eigenvalue weighted by molar-refractivity contribution is 9.11. The van der Waals surface area contributed by atoms with Crippen molar-refractivity contribution in [1.82, 2.24) is 15.2 Å². The first kappa shape index (κ1) is 20.0. The molecular formula is C18H15BrN4O4S. The predicted molar refractivity (Wildman–Crippen MR) is 105 cm³/mol. The second-order valence-electron chi connectivity index (χ2n) is 5.93. The number of halogens is 1. The van der Waals surface area contributed by atoms with Gasteiger partial charge in [-0.3, -0.25) is 9.59 Å². The summed E-state index contributed by atoms with van der Waals surface area (Å²) >= 11 is 4.82. The molecule has 0 amide bonds. The van der Waals surface area contributed by atoms with Crippen LogP contribution in [0.25, 0.3) is 10.8 Å². The van der Waals surface area contributed by atoms with Crippen molar-refractivity contribution >= 4 is 33.2 Å². The van der Waals surface area contributed by atoms with E-state index in [-0.39, 0.29) is 24.5 Å². The molecular weight excluding hydrogens is 448 g/mol. The van der Waals surface area contributed by atoms with E-state index in [1.165, 1.54) is 11.3 Å². The summed E-state index contributed by atoms with van der Waals surface area (Å²) in [5, 5.41) is 16.9.